The van der Waals surface area contributed by atoms with Gasteiger partial charge in [-0.3, -0.25) is 14.5 Å². The van der Waals surface area contributed by atoms with Crippen LogP contribution in [0.3, 0.4) is 0 Å². The van der Waals surface area contributed by atoms with Crippen LogP contribution in [-0.4, -0.2) is 42.5 Å². The van der Waals surface area contributed by atoms with Gasteiger partial charge < -0.3 is 14.6 Å². The SMILES string of the molecule is CC(C)(C)OC(=O)N(c1nccc2ccc(-n3nc(C(F)(F)F)cc3C(=O)Nc3cc(C(CCC4CC4)n4ccccc4=O)ccc3F)cc12)C(C)(C)C. The van der Waals surface area contributed by atoms with Gasteiger partial charge in [-0.25, -0.2) is 18.9 Å². The Kier molecular flexibility index (Phi) is 10.2. The van der Waals surface area contributed by atoms with Gasteiger partial charge in [0.2, 0.25) is 0 Å². The zero-order valence-electron chi connectivity index (χ0n) is 30.9. The number of aromatic nitrogens is 4. The largest absolute Gasteiger partial charge is 0.443 e. The molecule has 3 aromatic heterocycles. The van der Waals surface area contributed by atoms with Crippen LogP contribution in [0.2, 0.25) is 0 Å². The van der Waals surface area contributed by atoms with Crippen molar-refractivity contribution in [2.75, 3.05) is 10.2 Å². The molecule has 3 heterocycles. The molecule has 0 saturated heterocycles. The van der Waals surface area contributed by atoms with Crippen molar-refractivity contribution in [2.24, 2.45) is 5.92 Å². The number of benzene rings is 2. The Morgan fingerprint density at radius 3 is 2.37 bits per heavy atom. The van der Waals surface area contributed by atoms with Gasteiger partial charge in [0.25, 0.3) is 11.5 Å². The molecule has 1 fully saturated rings. The second-order valence-electron chi connectivity index (χ2n) is 15.5. The summed E-state index contributed by atoms with van der Waals surface area (Å²) in [6.45, 7) is 10.5. The third-order valence-corrected chi connectivity index (χ3v) is 9.02. The summed E-state index contributed by atoms with van der Waals surface area (Å²) in [7, 11) is 0. The maximum absolute atomic E-state index is 15.4. The number of hydrogen-bond acceptors (Lipinski definition) is 6. The molecule has 0 spiro atoms. The summed E-state index contributed by atoms with van der Waals surface area (Å²) in [5, 5.41) is 7.19. The number of fused-ring (bicyclic) bond motifs is 1. The van der Waals surface area contributed by atoms with Crippen molar-refractivity contribution in [3.8, 4) is 5.69 Å². The molecule has 1 atom stereocenters. The molecule has 2 aromatic carbocycles. The number of ether oxygens (including phenoxy) is 1. The zero-order chi connectivity index (χ0) is 39.2. The van der Waals surface area contributed by atoms with E-state index in [-0.39, 0.29) is 22.8 Å². The molecule has 1 N–H and O–H groups in total. The summed E-state index contributed by atoms with van der Waals surface area (Å²) in [5.41, 5.74) is -3.48. The van der Waals surface area contributed by atoms with Crippen LogP contribution in [0.5, 0.6) is 0 Å². The molecule has 1 saturated carbocycles. The maximum atomic E-state index is 15.4. The lowest BCUT2D eigenvalue weighted by molar-refractivity contribution is -0.141. The molecule has 6 rings (SSSR count). The summed E-state index contributed by atoms with van der Waals surface area (Å²) >= 11 is 0. The van der Waals surface area contributed by atoms with Crippen LogP contribution in [0, 0.1) is 11.7 Å². The monoisotopic (exact) mass is 746 g/mol. The Morgan fingerprint density at radius 1 is 0.981 bits per heavy atom. The Balaban J connectivity index is 1.41. The first kappa shape index (κ1) is 38.2. The van der Waals surface area contributed by atoms with Crippen molar-refractivity contribution in [3.63, 3.8) is 0 Å². The standard InChI is InChI=1S/C40H42F4N6O4/c1-38(2,3)49(37(53)54-39(4,5)6)35-28-22-27(15-13-25(28)18-19-45-35)50-32(23-33(47-50)40(42,43)44)36(52)46-30-21-26(14-16-29(30)41)31(17-12-24-10-11-24)48-20-8-7-9-34(48)51/h7-9,13-16,18-24,31H,10-12,17H2,1-6H3,(H,46,52). The number of pyridine rings is 2. The summed E-state index contributed by atoms with van der Waals surface area (Å²) < 4.78 is 65.8. The van der Waals surface area contributed by atoms with Crippen molar-refractivity contribution in [2.45, 2.75) is 90.6 Å². The van der Waals surface area contributed by atoms with Gasteiger partial charge >= 0.3 is 12.3 Å². The smallest absolute Gasteiger partial charge is 0.435 e. The predicted octanol–water partition coefficient (Wildman–Crippen LogP) is 9.31. The fourth-order valence-corrected chi connectivity index (χ4v) is 6.31. The molecule has 0 bridgehead atoms. The van der Waals surface area contributed by atoms with Crippen LogP contribution in [0.25, 0.3) is 16.5 Å². The van der Waals surface area contributed by atoms with Gasteiger partial charge in [-0.2, -0.15) is 18.3 Å². The van der Waals surface area contributed by atoms with Crippen LogP contribution in [0.1, 0.15) is 95.0 Å². The highest BCUT2D eigenvalue weighted by atomic mass is 19.4. The molecule has 54 heavy (non-hydrogen) atoms. The van der Waals surface area contributed by atoms with E-state index in [1.165, 1.54) is 41.4 Å². The molecule has 0 aliphatic heterocycles. The highest BCUT2D eigenvalue weighted by molar-refractivity contribution is 6.04. The third-order valence-electron chi connectivity index (χ3n) is 9.02. The van der Waals surface area contributed by atoms with E-state index in [0.717, 1.165) is 30.0 Å². The Hall–Kier alpha value is -5.53. The summed E-state index contributed by atoms with van der Waals surface area (Å²) in [4.78, 5) is 46.1. The normalized spacial score (nSPS) is 14.2. The number of nitrogens with zero attached hydrogens (tertiary/aromatic N) is 5. The number of amides is 2. The van der Waals surface area contributed by atoms with Gasteiger partial charge in [0.15, 0.2) is 5.69 Å². The van der Waals surface area contributed by atoms with Gasteiger partial charge in [-0.05, 0) is 108 Å². The molecule has 2 amide bonds. The van der Waals surface area contributed by atoms with Gasteiger partial charge in [-0.1, -0.05) is 31.0 Å². The van der Waals surface area contributed by atoms with Crippen LogP contribution in [0.4, 0.5) is 33.9 Å². The number of anilines is 2. The average molecular weight is 747 g/mol. The first-order chi connectivity index (χ1) is 25.3. The number of alkyl halides is 3. The van der Waals surface area contributed by atoms with E-state index in [1.54, 1.807) is 76.6 Å². The number of nitrogens with one attached hydrogen (secondary N) is 1. The summed E-state index contributed by atoms with van der Waals surface area (Å²) in [6.07, 6.45) is 1.18. The summed E-state index contributed by atoms with van der Waals surface area (Å²) in [6, 6.07) is 15.2. The highest BCUT2D eigenvalue weighted by Gasteiger charge is 2.37. The molecule has 0 radical (unpaired) electrons. The van der Waals surface area contributed by atoms with Gasteiger partial charge in [0.05, 0.1) is 17.4 Å². The lowest BCUT2D eigenvalue weighted by Crippen LogP contribution is -2.48. The number of hydrogen-bond donors (Lipinski definition) is 1. The zero-order valence-corrected chi connectivity index (χ0v) is 30.9. The van der Waals surface area contributed by atoms with E-state index in [1.807, 2.05) is 0 Å². The van der Waals surface area contributed by atoms with Crippen molar-refractivity contribution >= 4 is 34.3 Å². The molecule has 1 unspecified atom stereocenters. The van der Waals surface area contributed by atoms with Gasteiger partial charge in [0, 0.05) is 35.5 Å². The van der Waals surface area contributed by atoms with E-state index in [0.29, 0.717) is 34.7 Å². The number of halogens is 4. The number of rotatable bonds is 9. The molecule has 1 aliphatic rings. The van der Waals surface area contributed by atoms with Crippen molar-refractivity contribution in [1.29, 1.82) is 0 Å². The van der Waals surface area contributed by atoms with Crippen LogP contribution in [0.15, 0.2) is 83.9 Å². The lowest BCUT2D eigenvalue weighted by atomic mass is 9.99. The first-order valence-electron chi connectivity index (χ1n) is 17.7. The van der Waals surface area contributed by atoms with E-state index >= 15 is 4.39 Å². The van der Waals surface area contributed by atoms with E-state index in [2.05, 4.69) is 15.4 Å². The average Bonchev–Trinajstić information content (AvgIpc) is 3.78. The number of carbonyl (C=O) groups is 2. The molecule has 14 heteroatoms. The molecule has 1 aliphatic carbocycles. The molecule has 5 aromatic rings. The minimum Gasteiger partial charge on any atom is -0.443 e. The van der Waals surface area contributed by atoms with Crippen molar-refractivity contribution < 1.29 is 31.9 Å². The molecule has 284 valence electrons. The fraction of sp³-hybridized carbons (Fsp3) is 0.375. The topological polar surface area (TPSA) is 111 Å². The second-order valence-corrected chi connectivity index (χ2v) is 15.5. The molecular weight excluding hydrogens is 704 g/mol. The summed E-state index contributed by atoms with van der Waals surface area (Å²) in [5.74, 6) is -1.15. The minimum absolute atomic E-state index is 0.0493. The third kappa shape index (κ3) is 8.48. The quantitative estimate of drug-likeness (QED) is 0.151. The Bertz CT molecular complexity index is 2260. The highest BCUT2D eigenvalue weighted by Crippen LogP contribution is 2.38. The molecular formula is C40H42F4N6O4. The van der Waals surface area contributed by atoms with Crippen LogP contribution in [-0.2, 0) is 10.9 Å². The Labute approximate surface area is 309 Å². The predicted molar refractivity (Wildman–Crippen MR) is 197 cm³/mol. The van der Waals surface area contributed by atoms with Crippen molar-refractivity contribution in [3.05, 3.63) is 112 Å². The number of carbonyl (C=O) groups excluding carboxylic acids is 2. The minimum atomic E-state index is -4.92. The van der Waals surface area contributed by atoms with Gasteiger partial charge in [-0.15, -0.1) is 0 Å². The second kappa shape index (κ2) is 14.4. The maximum Gasteiger partial charge on any atom is 0.435 e. The van der Waals surface area contributed by atoms with E-state index < -0.39 is 52.6 Å². The molecule has 10 nitrogen and oxygen atoms in total. The van der Waals surface area contributed by atoms with Crippen molar-refractivity contribution in [1.82, 2.24) is 19.3 Å². The fourth-order valence-electron chi connectivity index (χ4n) is 6.31. The van der Waals surface area contributed by atoms with E-state index in [4.69, 9.17) is 4.74 Å². The lowest BCUT2D eigenvalue weighted by Gasteiger charge is -2.36. The van der Waals surface area contributed by atoms with Gasteiger partial charge in [0.1, 0.15) is 22.9 Å². The van der Waals surface area contributed by atoms with Crippen LogP contribution < -0.4 is 15.8 Å². The Morgan fingerprint density at radius 2 is 1.72 bits per heavy atom. The first-order valence-corrected chi connectivity index (χ1v) is 17.7. The van der Waals surface area contributed by atoms with Crippen LogP contribution >= 0.6 is 0 Å². The van der Waals surface area contributed by atoms with E-state index in [9.17, 15) is 27.6 Å².